The van der Waals surface area contributed by atoms with Crippen LogP contribution < -0.4 is 10.2 Å². The molecule has 0 unspecified atom stereocenters. The summed E-state index contributed by atoms with van der Waals surface area (Å²) < 4.78 is 7.17. The number of benzene rings is 2. The summed E-state index contributed by atoms with van der Waals surface area (Å²) in [6.07, 6.45) is 1.61. The van der Waals surface area contributed by atoms with E-state index in [1.165, 1.54) is 11.8 Å². The van der Waals surface area contributed by atoms with Gasteiger partial charge < -0.3 is 9.30 Å². The first-order chi connectivity index (χ1) is 13.7. The molecule has 1 aromatic heterocycles. The van der Waals surface area contributed by atoms with Gasteiger partial charge in [0.05, 0.1) is 19.1 Å². The minimum atomic E-state index is -0.200. The topological polar surface area (TPSA) is 81.4 Å². The molecule has 8 heteroatoms. The van der Waals surface area contributed by atoms with Crippen LogP contribution in [0.15, 0.2) is 64.9 Å². The van der Waals surface area contributed by atoms with Crippen molar-refractivity contribution in [3.05, 3.63) is 60.2 Å². The van der Waals surface area contributed by atoms with E-state index in [4.69, 9.17) is 4.74 Å². The summed E-state index contributed by atoms with van der Waals surface area (Å²) >= 11 is 1.33. The molecule has 2 aromatic carbocycles. The first kappa shape index (κ1) is 19.6. The van der Waals surface area contributed by atoms with E-state index >= 15 is 0 Å². The molecule has 1 N–H and O–H groups in total. The van der Waals surface area contributed by atoms with Crippen molar-refractivity contribution in [3.63, 3.8) is 0 Å². The maximum atomic E-state index is 12.0. The molecule has 3 aromatic rings. The van der Waals surface area contributed by atoms with Gasteiger partial charge in [-0.3, -0.25) is 4.79 Å². The molecular weight excluding hydrogens is 374 g/mol. The Balaban J connectivity index is 1.60. The molecule has 0 aliphatic heterocycles. The molecule has 3 rings (SSSR count). The number of aromatic nitrogens is 3. The van der Waals surface area contributed by atoms with Crippen molar-refractivity contribution in [2.45, 2.75) is 18.6 Å². The number of ether oxygens (including phenoxy) is 1. The van der Waals surface area contributed by atoms with E-state index in [2.05, 4.69) is 20.7 Å². The van der Waals surface area contributed by atoms with Gasteiger partial charge in [0.1, 0.15) is 5.75 Å². The first-order valence-electron chi connectivity index (χ1n) is 8.78. The Morgan fingerprint density at radius 3 is 2.61 bits per heavy atom. The van der Waals surface area contributed by atoms with E-state index in [1.54, 1.807) is 13.3 Å². The molecule has 0 fully saturated rings. The Bertz CT molecular complexity index is 939. The van der Waals surface area contributed by atoms with Gasteiger partial charge in [-0.25, -0.2) is 5.43 Å². The van der Waals surface area contributed by atoms with Gasteiger partial charge in [-0.2, -0.15) is 5.10 Å². The third-order valence-corrected chi connectivity index (χ3v) is 4.88. The lowest BCUT2D eigenvalue weighted by Crippen LogP contribution is -2.20. The summed E-state index contributed by atoms with van der Waals surface area (Å²) in [6.45, 7) is 2.72. The molecule has 144 valence electrons. The van der Waals surface area contributed by atoms with Crippen LogP contribution in [0.25, 0.3) is 11.4 Å². The molecule has 0 radical (unpaired) electrons. The highest BCUT2D eigenvalue weighted by molar-refractivity contribution is 7.99. The van der Waals surface area contributed by atoms with Gasteiger partial charge in [0.2, 0.25) is 0 Å². The lowest BCUT2D eigenvalue weighted by molar-refractivity contribution is -0.118. The average Bonchev–Trinajstić information content (AvgIpc) is 3.16. The van der Waals surface area contributed by atoms with Crippen LogP contribution in [0.4, 0.5) is 0 Å². The molecule has 1 heterocycles. The van der Waals surface area contributed by atoms with E-state index in [-0.39, 0.29) is 11.7 Å². The monoisotopic (exact) mass is 395 g/mol. The second-order valence-electron chi connectivity index (χ2n) is 5.77. The minimum absolute atomic E-state index is 0.200. The number of hydrazone groups is 1. The molecule has 0 saturated heterocycles. The summed E-state index contributed by atoms with van der Waals surface area (Å²) in [6, 6.07) is 17.2. The van der Waals surface area contributed by atoms with Gasteiger partial charge in [-0.05, 0) is 36.8 Å². The summed E-state index contributed by atoms with van der Waals surface area (Å²) in [7, 11) is 1.63. The van der Waals surface area contributed by atoms with Crippen LogP contribution in [0.5, 0.6) is 5.75 Å². The lowest BCUT2D eigenvalue weighted by Gasteiger charge is -2.07. The standard InChI is InChI=1S/C20H21N5O2S/c1-3-25-19(16-9-11-17(27-2)12-10-16)23-24-20(25)28-14-18(26)22-21-13-15-7-5-4-6-8-15/h4-13H,3,14H2,1-2H3,(H,22,26)/b21-13+. The summed E-state index contributed by atoms with van der Waals surface area (Å²) in [4.78, 5) is 12.0. The number of thioether (sulfide) groups is 1. The van der Waals surface area contributed by atoms with E-state index < -0.39 is 0 Å². The molecule has 1 amide bonds. The second-order valence-corrected chi connectivity index (χ2v) is 6.71. The quantitative estimate of drug-likeness (QED) is 0.360. The zero-order chi connectivity index (χ0) is 19.8. The third-order valence-electron chi connectivity index (χ3n) is 3.92. The zero-order valence-electron chi connectivity index (χ0n) is 15.7. The van der Waals surface area contributed by atoms with Crippen molar-refractivity contribution >= 4 is 23.9 Å². The van der Waals surface area contributed by atoms with Crippen molar-refractivity contribution in [2.75, 3.05) is 12.9 Å². The Morgan fingerprint density at radius 1 is 1.18 bits per heavy atom. The average molecular weight is 395 g/mol. The predicted molar refractivity (Wildman–Crippen MR) is 111 cm³/mol. The largest absolute Gasteiger partial charge is 0.497 e. The number of nitrogens with zero attached hydrogens (tertiary/aromatic N) is 4. The number of amides is 1. The molecule has 0 aliphatic rings. The van der Waals surface area contributed by atoms with Crippen LogP contribution in [0.2, 0.25) is 0 Å². The Morgan fingerprint density at radius 2 is 1.93 bits per heavy atom. The number of rotatable bonds is 8. The smallest absolute Gasteiger partial charge is 0.250 e. The molecule has 0 atom stereocenters. The van der Waals surface area contributed by atoms with Gasteiger partial charge in [0.15, 0.2) is 11.0 Å². The van der Waals surface area contributed by atoms with Crippen molar-refractivity contribution < 1.29 is 9.53 Å². The van der Waals surface area contributed by atoms with Gasteiger partial charge >= 0.3 is 0 Å². The highest BCUT2D eigenvalue weighted by Gasteiger charge is 2.14. The van der Waals surface area contributed by atoms with E-state index in [0.29, 0.717) is 11.7 Å². The van der Waals surface area contributed by atoms with E-state index in [1.807, 2.05) is 66.1 Å². The zero-order valence-corrected chi connectivity index (χ0v) is 16.5. The molecule has 7 nitrogen and oxygen atoms in total. The molecule has 0 aliphatic carbocycles. The fraction of sp³-hybridized carbons (Fsp3) is 0.200. The summed E-state index contributed by atoms with van der Waals surface area (Å²) in [5, 5.41) is 13.2. The minimum Gasteiger partial charge on any atom is -0.497 e. The molecule has 0 spiro atoms. The maximum absolute atomic E-state index is 12.0. The Kier molecular flexibility index (Phi) is 6.80. The number of nitrogens with one attached hydrogen (secondary N) is 1. The van der Waals surface area contributed by atoms with Gasteiger partial charge in [0.25, 0.3) is 5.91 Å². The van der Waals surface area contributed by atoms with Crippen LogP contribution in [0, 0.1) is 0 Å². The Labute approximate surface area is 167 Å². The van der Waals surface area contributed by atoms with Gasteiger partial charge in [-0.1, -0.05) is 42.1 Å². The number of methoxy groups -OCH3 is 1. The number of hydrogen-bond donors (Lipinski definition) is 1. The molecular formula is C20H21N5O2S. The summed E-state index contributed by atoms with van der Waals surface area (Å²) in [5.41, 5.74) is 4.39. The maximum Gasteiger partial charge on any atom is 0.250 e. The highest BCUT2D eigenvalue weighted by atomic mass is 32.2. The van der Waals surface area contributed by atoms with Crippen molar-refractivity contribution in [2.24, 2.45) is 5.10 Å². The molecule has 0 bridgehead atoms. The fourth-order valence-electron chi connectivity index (χ4n) is 2.51. The Hall–Kier alpha value is -3.13. The molecule has 0 saturated carbocycles. The SMILES string of the molecule is CCn1c(SCC(=O)N/N=C/c2ccccc2)nnc1-c1ccc(OC)cc1. The first-order valence-corrected chi connectivity index (χ1v) is 9.77. The molecule has 28 heavy (non-hydrogen) atoms. The van der Waals surface area contributed by atoms with Crippen LogP contribution in [-0.2, 0) is 11.3 Å². The van der Waals surface area contributed by atoms with Crippen LogP contribution in [0.3, 0.4) is 0 Å². The van der Waals surface area contributed by atoms with Gasteiger partial charge in [0, 0.05) is 12.1 Å². The van der Waals surface area contributed by atoms with Crippen LogP contribution in [0.1, 0.15) is 12.5 Å². The normalized spacial score (nSPS) is 10.9. The number of carbonyl (C=O) groups is 1. The highest BCUT2D eigenvalue weighted by Crippen LogP contribution is 2.25. The number of hydrogen-bond acceptors (Lipinski definition) is 6. The van der Waals surface area contributed by atoms with Crippen molar-refractivity contribution in [3.8, 4) is 17.1 Å². The van der Waals surface area contributed by atoms with Gasteiger partial charge in [-0.15, -0.1) is 10.2 Å². The lowest BCUT2D eigenvalue weighted by atomic mass is 10.2. The third kappa shape index (κ3) is 4.98. The van der Waals surface area contributed by atoms with E-state index in [9.17, 15) is 4.79 Å². The van der Waals surface area contributed by atoms with E-state index in [0.717, 1.165) is 22.7 Å². The van der Waals surface area contributed by atoms with Crippen LogP contribution >= 0.6 is 11.8 Å². The fourth-order valence-corrected chi connectivity index (χ4v) is 3.31. The number of carbonyl (C=O) groups excluding carboxylic acids is 1. The second kappa shape index (κ2) is 9.70. The van der Waals surface area contributed by atoms with Crippen molar-refractivity contribution in [1.29, 1.82) is 0 Å². The van der Waals surface area contributed by atoms with Crippen LogP contribution in [-0.4, -0.2) is 39.7 Å². The van der Waals surface area contributed by atoms with Crippen molar-refractivity contribution in [1.82, 2.24) is 20.2 Å². The predicted octanol–water partition coefficient (Wildman–Crippen LogP) is 3.22. The summed E-state index contributed by atoms with van der Waals surface area (Å²) in [5.74, 6) is 1.55.